The molecule has 0 saturated heterocycles. The molecule has 0 spiro atoms. The number of para-hydroxylation sites is 1. The molecular formula is C10H8NOP. The van der Waals surface area contributed by atoms with Crippen LogP contribution in [0.3, 0.4) is 0 Å². The Morgan fingerprint density at radius 1 is 1.38 bits per heavy atom. The third-order valence-corrected chi connectivity index (χ3v) is 2.67. The molecule has 1 N–H and O–H groups in total. The number of hydrogen-bond acceptors (Lipinski definition) is 1. The molecule has 0 fully saturated rings. The smallest absolute Gasteiger partial charge is 0.195 e. The average molecular weight is 189 g/mol. The number of H-pyrrole nitrogens is 1. The first kappa shape index (κ1) is 8.21. The van der Waals surface area contributed by atoms with Gasteiger partial charge in [-0.25, -0.2) is 0 Å². The predicted octanol–water partition coefficient (Wildman–Crippen LogP) is 2.73. The van der Waals surface area contributed by atoms with Gasteiger partial charge in [-0.15, -0.1) is 0 Å². The number of aromatic nitrogens is 1. The molecular weight excluding hydrogens is 181 g/mol. The number of benzene rings is 1. The largest absolute Gasteiger partial charge is 0.354 e. The molecule has 0 aliphatic rings. The molecule has 1 heterocycles. The summed E-state index contributed by atoms with van der Waals surface area (Å²) in [4.78, 5) is 3.14. The molecule has 2 nitrogen and oxygen atoms in total. The Kier molecular flexibility index (Phi) is 1.99. The molecule has 0 aliphatic carbocycles. The van der Waals surface area contributed by atoms with Gasteiger partial charge >= 0.3 is 0 Å². The van der Waals surface area contributed by atoms with Crippen molar-refractivity contribution in [3.05, 3.63) is 36.5 Å². The van der Waals surface area contributed by atoms with Crippen LogP contribution in [0.15, 0.2) is 30.8 Å². The lowest BCUT2D eigenvalue weighted by Crippen LogP contribution is -1.91. The van der Waals surface area contributed by atoms with E-state index in [1.807, 2.05) is 24.3 Å². The van der Waals surface area contributed by atoms with Crippen molar-refractivity contribution in [1.29, 1.82) is 0 Å². The van der Waals surface area contributed by atoms with Crippen LogP contribution in [0, 0.1) is 0 Å². The van der Waals surface area contributed by atoms with Crippen molar-refractivity contribution in [3.63, 3.8) is 0 Å². The van der Waals surface area contributed by atoms with E-state index in [-0.39, 0.29) is 8.46 Å². The lowest BCUT2D eigenvalue weighted by molar-refractivity contribution is 0.603. The minimum absolute atomic E-state index is 0.0325. The van der Waals surface area contributed by atoms with Gasteiger partial charge in [-0.2, -0.15) is 0 Å². The van der Waals surface area contributed by atoms with E-state index >= 15 is 0 Å². The van der Waals surface area contributed by atoms with Crippen LogP contribution in [-0.2, 0) is 4.57 Å². The topological polar surface area (TPSA) is 32.9 Å². The summed E-state index contributed by atoms with van der Waals surface area (Å²) in [5.74, 6) is 0. The quantitative estimate of drug-likeness (QED) is 0.724. The second-order valence-corrected chi connectivity index (χ2v) is 3.36. The van der Waals surface area contributed by atoms with Gasteiger partial charge in [-0.1, -0.05) is 24.8 Å². The minimum atomic E-state index is 0.0325. The van der Waals surface area contributed by atoms with Crippen LogP contribution in [-0.4, -0.2) is 4.98 Å². The van der Waals surface area contributed by atoms with Crippen LogP contribution in [0.1, 0.15) is 5.69 Å². The number of hydrogen-bond donors (Lipinski definition) is 1. The van der Waals surface area contributed by atoms with Gasteiger partial charge in [0.25, 0.3) is 0 Å². The molecule has 0 amide bonds. The third-order valence-electron chi connectivity index (χ3n) is 2.00. The van der Waals surface area contributed by atoms with Gasteiger partial charge < -0.3 is 4.98 Å². The molecule has 3 heteroatoms. The third kappa shape index (κ3) is 1.20. The monoisotopic (exact) mass is 189 g/mol. The summed E-state index contributed by atoms with van der Waals surface area (Å²) >= 11 is 0. The van der Waals surface area contributed by atoms with E-state index in [0.29, 0.717) is 0 Å². The van der Waals surface area contributed by atoms with E-state index in [1.165, 1.54) is 0 Å². The number of nitrogens with one attached hydrogen (secondary N) is 1. The lowest BCUT2D eigenvalue weighted by Gasteiger charge is -1.86. The number of aromatic amines is 1. The number of fused-ring (bicyclic) bond motifs is 1. The normalized spacial score (nSPS) is 10.8. The maximum atomic E-state index is 10.9. The van der Waals surface area contributed by atoms with Gasteiger partial charge in [-0.05, 0) is 12.1 Å². The highest BCUT2D eigenvalue weighted by Gasteiger charge is 2.07. The van der Waals surface area contributed by atoms with Gasteiger partial charge in [0.1, 0.15) is 0 Å². The van der Waals surface area contributed by atoms with Crippen LogP contribution in [0.2, 0.25) is 0 Å². The van der Waals surface area contributed by atoms with Gasteiger partial charge in [0.2, 0.25) is 0 Å². The summed E-state index contributed by atoms with van der Waals surface area (Å²) in [7, 11) is 0.0325. The van der Waals surface area contributed by atoms with Crippen molar-refractivity contribution in [1.82, 2.24) is 4.98 Å². The van der Waals surface area contributed by atoms with Crippen LogP contribution >= 0.6 is 8.46 Å². The first-order valence-electron chi connectivity index (χ1n) is 3.93. The van der Waals surface area contributed by atoms with Crippen molar-refractivity contribution in [2.45, 2.75) is 0 Å². The summed E-state index contributed by atoms with van der Waals surface area (Å²) < 4.78 is 10.9. The van der Waals surface area contributed by atoms with Gasteiger partial charge in [0, 0.05) is 10.9 Å². The molecule has 13 heavy (non-hydrogen) atoms. The fourth-order valence-corrected chi connectivity index (χ4v) is 1.93. The second kappa shape index (κ2) is 3.15. The Morgan fingerprint density at radius 2 is 2.15 bits per heavy atom. The maximum absolute atomic E-state index is 10.9. The molecule has 2 aromatic rings. The second-order valence-electron chi connectivity index (χ2n) is 2.73. The van der Waals surface area contributed by atoms with Gasteiger partial charge in [0.05, 0.1) is 11.0 Å². The van der Waals surface area contributed by atoms with E-state index < -0.39 is 0 Å². The Balaban J connectivity index is 2.88. The average Bonchev–Trinajstić information content (AvgIpc) is 2.55. The van der Waals surface area contributed by atoms with E-state index in [9.17, 15) is 4.57 Å². The zero-order chi connectivity index (χ0) is 9.26. The molecule has 64 valence electrons. The van der Waals surface area contributed by atoms with E-state index in [4.69, 9.17) is 0 Å². The van der Waals surface area contributed by atoms with Gasteiger partial charge in [-0.3, -0.25) is 4.57 Å². The SMILES string of the molecule is C=Cc1[nH]c2ccccc2c1P=O. The van der Waals surface area contributed by atoms with Crippen LogP contribution < -0.4 is 5.30 Å². The summed E-state index contributed by atoms with van der Waals surface area (Å²) in [5, 5.41) is 1.78. The molecule has 0 aliphatic heterocycles. The predicted molar refractivity (Wildman–Crippen MR) is 55.6 cm³/mol. The van der Waals surface area contributed by atoms with Crippen molar-refractivity contribution in [2.24, 2.45) is 0 Å². The van der Waals surface area contributed by atoms with E-state index in [2.05, 4.69) is 11.6 Å². The Bertz CT molecular complexity index is 473. The summed E-state index contributed by atoms with van der Waals surface area (Å²) in [6.45, 7) is 3.66. The highest BCUT2D eigenvalue weighted by molar-refractivity contribution is 7.35. The molecule has 2 rings (SSSR count). The highest BCUT2D eigenvalue weighted by atomic mass is 31.1. The molecule has 0 bridgehead atoms. The summed E-state index contributed by atoms with van der Waals surface area (Å²) in [6.07, 6.45) is 1.68. The maximum Gasteiger partial charge on any atom is 0.195 e. The molecule has 1 aromatic carbocycles. The summed E-state index contributed by atoms with van der Waals surface area (Å²) in [5.41, 5.74) is 1.83. The van der Waals surface area contributed by atoms with Crippen molar-refractivity contribution < 1.29 is 4.57 Å². The fraction of sp³-hybridized carbons (Fsp3) is 0. The van der Waals surface area contributed by atoms with Crippen LogP contribution in [0.4, 0.5) is 0 Å². The minimum Gasteiger partial charge on any atom is -0.354 e. The molecule has 1 aromatic heterocycles. The van der Waals surface area contributed by atoms with E-state index in [1.54, 1.807) is 6.08 Å². The van der Waals surface area contributed by atoms with Crippen molar-refractivity contribution in [3.8, 4) is 0 Å². The van der Waals surface area contributed by atoms with E-state index in [0.717, 1.165) is 21.9 Å². The number of rotatable bonds is 2. The zero-order valence-electron chi connectivity index (χ0n) is 6.95. The molecule has 0 unspecified atom stereocenters. The first-order valence-corrected chi connectivity index (χ1v) is 4.74. The van der Waals surface area contributed by atoms with Crippen LogP contribution in [0.5, 0.6) is 0 Å². The zero-order valence-corrected chi connectivity index (χ0v) is 7.84. The van der Waals surface area contributed by atoms with Crippen molar-refractivity contribution in [2.75, 3.05) is 0 Å². The fourth-order valence-electron chi connectivity index (χ4n) is 1.39. The van der Waals surface area contributed by atoms with Crippen LogP contribution in [0.25, 0.3) is 17.0 Å². The Labute approximate surface area is 77.5 Å². The Morgan fingerprint density at radius 3 is 2.85 bits per heavy atom. The molecule has 0 saturated carbocycles. The molecule has 0 atom stereocenters. The lowest BCUT2D eigenvalue weighted by atomic mass is 10.2. The Hall–Kier alpha value is -1.40. The van der Waals surface area contributed by atoms with Gasteiger partial charge in [0.15, 0.2) is 8.46 Å². The highest BCUT2D eigenvalue weighted by Crippen LogP contribution is 2.17. The first-order chi connectivity index (χ1) is 6.36. The molecule has 0 radical (unpaired) electrons. The summed E-state index contributed by atoms with van der Waals surface area (Å²) in [6, 6.07) is 7.77. The van der Waals surface area contributed by atoms with Crippen molar-refractivity contribution >= 4 is 30.7 Å². The standard InChI is InChI=1S/C10H8NOP/c1-2-8-10(13-12)7-5-3-4-6-9(7)11-8/h2-6,11H,1H2.